The van der Waals surface area contributed by atoms with Crippen LogP contribution < -0.4 is 0 Å². The molecule has 0 radical (unpaired) electrons. The third kappa shape index (κ3) is 16.8. The fraction of sp³-hybridized carbons (Fsp3) is 0.976. The number of methoxy groups -OCH3 is 9. The average Bonchev–Trinajstić information content (AvgIpc) is 3.17. The van der Waals surface area contributed by atoms with Crippen LogP contribution in [0.5, 0.6) is 0 Å². The molecule has 0 aliphatic carbocycles. The Morgan fingerprint density at radius 2 is 0.782 bits per heavy atom. The second-order valence-electron chi connectivity index (χ2n) is 14.3. The molecule has 3 fully saturated rings. The van der Waals surface area contributed by atoms with Crippen molar-refractivity contribution in [2.24, 2.45) is 23.7 Å². The predicted octanol–water partition coefficient (Wildman–Crippen LogP) is 5.81. The Balaban J connectivity index is 0.00000115. The van der Waals surface area contributed by atoms with Crippen molar-refractivity contribution in [2.45, 2.75) is 142 Å². The summed E-state index contributed by atoms with van der Waals surface area (Å²) in [6.07, 6.45) is 3.17. The average molecular weight is 800 g/mol. The van der Waals surface area contributed by atoms with E-state index < -0.39 is 6.29 Å². The third-order valence-corrected chi connectivity index (χ3v) is 10.7. The molecule has 0 N–H and O–H groups in total. The molecule has 3 saturated heterocycles. The highest BCUT2D eigenvalue weighted by molar-refractivity contribution is 4.90. The Labute approximate surface area is 335 Å². The number of rotatable bonds is 21. The van der Waals surface area contributed by atoms with Gasteiger partial charge in [0.05, 0.1) is 51.5 Å². The zero-order valence-electron chi connectivity index (χ0n) is 36.2. The topological polar surface area (TPSA) is 129 Å². The standard InChI is InChI=1S/C25H48O9.C11H22O5.C4H9.CH4/c1-16-17(2)24(33-19(14-26-4)21(16)28-6)31-12-10-9-11-13-32-25-23(30-8)18(3)22(29-7)20(34-25)15-27-5;1-7-9(13-3)8(6-12-2)16-11(15-5)10(7)14-4;1-3-4-2;/h16-25H,9-15H2,1-8H3;7-11H,6H2,1-5H3;1,3-4H2,2H3;1H4/q;;+1;/t16?,17?,18-,19?,20?,21-,22-,23?,24+,25?;7-,8?,9-,10?,11+;;/m00../s1. The van der Waals surface area contributed by atoms with Crippen LogP contribution in [-0.4, -0.2) is 165 Å². The van der Waals surface area contributed by atoms with Crippen LogP contribution in [0, 0.1) is 30.6 Å². The van der Waals surface area contributed by atoms with Gasteiger partial charge < -0.3 is 66.3 Å². The van der Waals surface area contributed by atoms with Crippen LogP contribution in [0.1, 0.15) is 74.1 Å². The van der Waals surface area contributed by atoms with E-state index in [1.165, 1.54) is 6.42 Å². The third-order valence-electron chi connectivity index (χ3n) is 10.7. The molecule has 330 valence electrons. The Bertz CT molecular complexity index is 882. The minimum Gasteiger partial charge on any atom is -0.382 e. The number of hydrogen-bond acceptors (Lipinski definition) is 14. The molecule has 0 saturated carbocycles. The summed E-state index contributed by atoms with van der Waals surface area (Å²) in [6.45, 7) is 16.9. The first-order valence-corrected chi connectivity index (χ1v) is 19.7. The lowest BCUT2D eigenvalue weighted by atomic mass is 9.84. The Kier molecular flexibility index (Phi) is 30.9. The molecule has 0 amide bonds. The minimum atomic E-state index is -0.438. The van der Waals surface area contributed by atoms with Crippen molar-refractivity contribution in [3.05, 3.63) is 6.92 Å². The van der Waals surface area contributed by atoms with E-state index in [1.807, 2.05) is 0 Å². The molecule has 0 aromatic carbocycles. The molecule has 15 atom stereocenters. The second-order valence-corrected chi connectivity index (χ2v) is 14.3. The molecule has 8 unspecified atom stereocenters. The molecule has 14 nitrogen and oxygen atoms in total. The van der Waals surface area contributed by atoms with Crippen LogP contribution in [0.3, 0.4) is 0 Å². The maximum Gasteiger partial charge on any atom is 0.184 e. The fourth-order valence-electron chi connectivity index (χ4n) is 7.40. The first kappa shape index (κ1) is 54.3. The number of unbranched alkanes of at least 4 members (excludes halogenated alkanes) is 3. The van der Waals surface area contributed by atoms with Crippen molar-refractivity contribution in [1.82, 2.24) is 0 Å². The van der Waals surface area contributed by atoms with Crippen LogP contribution in [0.15, 0.2) is 0 Å². The first-order valence-electron chi connectivity index (χ1n) is 19.7. The molecule has 0 aromatic heterocycles. The van der Waals surface area contributed by atoms with E-state index in [0.717, 1.165) is 25.7 Å². The molecule has 0 aromatic rings. The normalized spacial score (nSPS) is 36.1. The van der Waals surface area contributed by atoms with Gasteiger partial charge >= 0.3 is 0 Å². The lowest BCUT2D eigenvalue weighted by molar-refractivity contribution is -0.296. The Morgan fingerprint density at radius 3 is 1.15 bits per heavy atom. The smallest absolute Gasteiger partial charge is 0.184 e. The van der Waals surface area contributed by atoms with E-state index in [2.05, 4.69) is 41.5 Å². The zero-order valence-corrected chi connectivity index (χ0v) is 36.2. The molecule has 3 heterocycles. The SMILES string of the molecule is C.COCC1O[C@@H](OC)C(OC)[C@@H](C)[C@@H]1OC.COCC1O[C@@H](OCCCCCOC2OC(COC)[C@@H](OC)[C@H](C)C2OC)C(C)C(C)[C@@H]1OC.[CH2+]CCC. The van der Waals surface area contributed by atoms with Gasteiger partial charge in [0.1, 0.15) is 30.5 Å². The summed E-state index contributed by atoms with van der Waals surface area (Å²) in [6, 6.07) is 0. The largest absolute Gasteiger partial charge is 0.382 e. The lowest BCUT2D eigenvalue weighted by Gasteiger charge is -2.44. The van der Waals surface area contributed by atoms with Gasteiger partial charge in [0.25, 0.3) is 0 Å². The van der Waals surface area contributed by atoms with Crippen LogP contribution >= 0.6 is 0 Å². The molecular formula is C41H83O14+. The molecule has 55 heavy (non-hydrogen) atoms. The molecule has 3 aliphatic rings. The highest BCUT2D eigenvalue weighted by Crippen LogP contribution is 2.34. The summed E-state index contributed by atoms with van der Waals surface area (Å²) in [4.78, 5) is 0. The second kappa shape index (κ2) is 31.3. The quantitative estimate of drug-likeness (QED) is 0.102. The fourth-order valence-corrected chi connectivity index (χ4v) is 7.40. The maximum absolute atomic E-state index is 6.15. The molecule has 0 spiro atoms. The van der Waals surface area contributed by atoms with Crippen LogP contribution in [0.2, 0.25) is 0 Å². The van der Waals surface area contributed by atoms with Crippen molar-refractivity contribution >= 4 is 0 Å². The minimum absolute atomic E-state index is 0. The summed E-state index contributed by atoms with van der Waals surface area (Å²) in [5.74, 6) is 0.882. The Morgan fingerprint density at radius 1 is 0.436 bits per heavy atom. The number of ether oxygens (including phenoxy) is 14. The zero-order chi connectivity index (χ0) is 40.6. The maximum atomic E-state index is 6.15. The van der Waals surface area contributed by atoms with E-state index in [1.54, 1.807) is 64.0 Å². The molecular weight excluding hydrogens is 716 g/mol. The van der Waals surface area contributed by atoms with Gasteiger partial charge in [0.15, 0.2) is 18.9 Å². The molecule has 3 rings (SSSR count). The van der Waals surface area contributed by atoms with Gasteiger partial charge in [-0.2, -0.15) is 0 Å². The summed E-state index contributed by atoms with van der Waals surface area (Å²) in [5.41, 5.74) is 0. The molecule has 0 bridgehead atoms. The van der Waals surface area contributed by atoms with E-state index in [0.29, 0.717) is 39.0 Å². The highest BCUT2D eigenvalue weighted by Gasteiger charge is 2.46. The Hall–Kier alpha value is -0.690. The first-order chi connectivity index (χ1) is 26.0. The summed E-state index contributed by atoms with van der Waals surface area (Å²) >= 11 is 0. The van der Waals surface area contributed by atoms with Gasteiger partial charge in [-0.15, -0.1) is 0 Å². The molecule has 14 heteroatoms. The summed E-state index contributed by atoms with van der Waals surface area (Å²) in [5, 5.41) is 0. The van der Waals surface area contributed by atoms with Crippen molar-refractivity contribution in [3.8, 4) is 0 Å². The van der Waals surface area contributed by atoms with Crippen LogP contribution in [0.25, 0.3) is 0 Å². The monoisotopic (exact) mass is 800 g/mol. The summed E-state index contributed by atoms with van der Waals surface area (Å²) in [7, 11) is 15.0. The van der Waals surface area contributed by atoms with Crippen molar-refractivity contribution in [1.29, 1.82) is 0 Å². The number of hydrogen-bond donors (Lipinski definition) is 0. The van der Waals surface area contributed by atoms with E-state index in [-0.39, 0.29) is 86.6 Å². The van der Waals surface area contributed by atoms with E-state index in [4.69, 9.17) is 66.3 Å². The van der Waals surface area contributed by atoms with Gasteiger partial charge in [0.2, 0.25) is 0 Å². The van der Waals surface area contributed by atoms with Crippen LogP contribution in [-0.2, 0) is 66.3 Å². The van der Waals surface area contributed by atoms with Crippen molar-refractivity contribution < 1.29 is 66.3 Å². The molecule has 3 aliphatic heterocycles. The lowest BCUT2D eigenvalue weighted by Crippen LogP contribution is -2.56. The summed E-state index contributed by atoms with van der Waals surface area (Å²) < 4.78 is 79.0. The van der Waals surface area contributed by atoms with Gasteiger partial charge in [-0.1, -0.05) is 42.0 Å². The van der Waals surface area contributed by atoms with Crippen molar-refractivity contribution in [2.75, 3.05) is 97.0 Å². The predicted molar refractivity (Wildman–Crippen MR) is 212 cm³/mol. The van der Waals surface area contributed by atoms with Gasteiger partial charge in [-0.25, -0.2) is 0 Å². The van der Waals surface area contributed by atoms with Gasteiger partial charge in [0, 0.05) is 95.0 Å². The van der Waals surface area contributed by atoms with Crippen LogP contribution in [0.4, 0.5) is 0 Å². The highest BCUT2D eigenvalue weighted by atomic mass is 16.7. The van der Waals surface area contributed by atoms with Gasteiger partial charge in [-0.3, -0.25) is 0 Å². The van der Waals surface area contributed by atoms with E-state index >= 15 is 0 Å². The van der Waals surface area contributed by atoms with Gasteiger partial charge in [-0.05, 0) is 31.6 Å². The van der Waals surface area contributed by atoms with E-state index in [9.17, 15) is 0 Å². The van der Waals surface area contributed by atoms with Crippen molar-refractivity contribution in [3.63, 3.8) is 0 Å².